The lowest BCUT2D eigenvalue weighted by Gasteiger charge is -2.05. The van der Waals surface area contributed by atoms with Crippen molar-refractivity contribution in [2.45, 2.75) is 6.92 Å². The van der Waals surface area contributed by atoms with Gasteiger partial charge in [0.15, 0.2) is 0 Å². The molecule has 0 aromatic heterocycles. The summed E-state index contributed by atoms with van der Waals surface area (Å²) in [5.41, 5.74) is 1.11. The van der Waals surface area contributed by atoms with Crippen molar-refractivity contribution in [2.24, 2.45) is 0 Å². The summed E-state index contributed by atoms with van der Waals surface area (Å²) < 4.78 is 13.4. The maximum Gasteiger partial charge on any atom is 0.251 e. The number of benzene rings is 1. The number of halogens is 2. The van der Waals surface area contributed by atoms with Gasteiger partial charge in [-0.25, -0.2) is 4.39 Å². The van der Waals surface area contributed by atoms with Gasteiger partial charge in [0.25, 0.3) is 5.91 Å². The fourth-order valence-electron chi connectivity index (χ4n) is 1.03. The van der Waals surface area contributed by atoms with Crippen LogP contribution in [0.2, 0.25) is 0 Å². The van der Waals surface area contributed by atoms with Gasteiger partial charge in [0.2, 0.25) is 0 Å². The highest BCUT2D eigenvalue weighted by molar-refractivity contribution is 9.10. The van der Waals surface area contributed by atoms with E-state index in [4.69, 9.17) is 0 Å². The molecule has 0 aliphatic rings. The largest absolute Gasteiger partial charge is 0.355 e. The van der Waals surface area contributed by atoms with Crippen LogP contribution < -0.4 is 5.32 Å². The van der Waals surface area contributed by atoms with Crippen molar-refractivity contribution >= 4 is 21.8 Å². The van der Waals surface area contributed by atoms with Crippen LogP contribution in [0.1, 0.15) is 15.9 Å². The van der Waals surface area contributed by atoms with Crippen LogP contribution in [-0.4, -0.2) is 13.0 Å². The Morgan fingerprint density at radius 3 is 2.69 bits per heavy atom. The molecule has 1 rings (SSSR count). The van der Waals surface area contributed by atoms with E-state index in [0.717, 1.165) is 5.56 Å². The third-order valence-corrected chi connectivity index (χ3v) is 2.35. The lowest BCUT2D eigenvalue weighted by molar-refractivity contribution is 0.0962. The molecular formula is C9H9BrFNO. The van der Waals surface area contributed by atoms with Gasteiger partial charge in [-0.15, -0.1) is 0 Å². The number of carbonyl (C=O) groups is 1. The minimum Gasteiger partial charge on any atom is -0.355 e. The fraction of sp³-hybridized carbons (Fsp3) is 0.222. The maximum absolute atomic E-state index is 13.0. The minimum atomic E-state index is -0.427. The first-order valence-electron chi connectivity index (χ1n) is 3.74. The average Bonchev–Trinajstić information content (AvgIpc) is 2.10. The molecule has 1 aromatic rings. The molecular weight excluding hydrogens is 237 g/mol. The summed E-state index contributed by atoms with van der Waals surface area (Å²) in [7, 11) is 1.52. The van der Waals surface area contributed by atoms with Gasteiger partial charge in [-0.3, -0.25) is 4.79 Å². The van der Waals surface area contributed by atoms with Crippen molar-refractivity contribution in [1.29, 1.82) is 0 Å². The highest BCUT2D eigenvalue weighted by atomic mass is 79.9. The fourth-order valence-corrected chi connectivity index (χ4v) is 1.48. The average molecular weight is 246 g/mol. The van der Waals surface area contributed by atoms with E-state index in [1.54, 1.807) is 13.0 Å². The van der Waals surface area contributed by atoms with Crippen molar-refractivity contribution in [3.63, 3.8) is 0 Å². The van der Waals surface area contributed by atoms with E-state index in [1.165, 1.54) is 13.1 Å². The number of hydrogen-bond donors (Lipinski definition) is 1. The minimum absolute atomic E-state index is 0.274. The molecule has 1 N–H and O–H groups in total. The zero-order chi connectivity index (χ0) is 10.0. The Hall–Kier alpha value is -0.900. The normalized spacial score (nSPS) is 9.85. The SMILES string of the molecule is CNC(=O)c1cc(F)c(Br)cc1C. The summed E-state index contributed by atoms with van der Waals surface area (Å²) in [5, 5.41) is 2.45. The zero-order valence-corrected chi connectivity index (χ0v) is 8.90. The molecule has 0 bridgehead atoms. The Bertz CT molecular complexity index is 352. The quantitative estimate of drug-likeness (QED) is 0.809. The Balaban J connectivity index is 3.23. The van der Waals surface area contributed by atoms with Crippen molar-refractivity contribution < 1.29 is 9.18 Å². The topological polar surface area (TPSA) is 29.1 Å². The van der Waals surface area contributed by atoms with E-state index in [2.05, 4.69) is 21.2 Å². The van der Waals surface area contributed by atoms with Gasteiger partial charge in [0, 0.05) is 12.6 Å². The van der Waals surface area contributed by atoms with E-state index in [1.807, 2.05) is 0 Å². The first-order valence-corrected chi connectivity index (χ1v) is 4.53. The van der Waals surface area contributed by atoms with Crippen molar-refractivity contribution in [2.75, 3.05) is 7.05 Å². The van der Waals surface area contributed by atoms with Crippen LogP contribution in [0.15, 0.2) is 16.6 Å². The molecule has 0 saturated carbocycles. The van der Waals surface area contributed by atoms with Crippen LogP contribution in [0.25, 0.3) is 0 Å². The number of aryl methyl sites for hydroxylation is 1. The predicted molar refractivity (Wildman–Crippen MR) is 52.2 cm³/mol. The lowest BCUT2D eigenvalue weighted by Crippen LogP contribution is -2.19. The summed E-state index contributed by atoms with van der Waals surface area (Å²) in [6.07, 6.45) is 0. The van der Waals surface area contributed by atoms with Crippen LogP contribution in [0, 0.1) is 12.7 Å². The van der Waals surface area contributed by atoms with Gasteiger partial charge >= 0.3 is 0 Å². The van der Waals surface area contributed by atoms with E-state index < -0.39 is 5.82 Å². The van der Waals surface area contributed by atoms with E-state index in [9.17, 15) is 9.18 Å². The standard InChI is InChI=1S/C9H9BrFNO/c1-5-3-7(10)8(11)4-6(5)9(13)12-2/h3-4H,1-2H3,(H,12,13). The number of rotatable bonds is 1. The number of hydrogen-bond acceptors (Lipinski definition) is 1. The van der Waals surface area contributed by atoms with Gasteiger partial charge in [-0.2, -0.15) is 0 Å². The molecule has 0 unspecified atom stereocenters. The second-order valence-corrected chi connectivity index (χ2v) is 3.51. The van der Waals surface area contributed by atoms with Crippen LogP contribution in [-0.2, 0) is 0 Å². The summed E-state index contributed by atoms with van der Waals surface area (Å²) in [5.74, 6) is -0.701. The molecule has 13 heavy (non-hydrogen) atoms. The van der Waals surface area contributed by atoms with E-state index in [0.29, 0.717) is 10.0 Å². The Labute approximate surface area is 84.3 Å². The van der Waals surface area contributed by atoms with Crippen LogP contribution in [0.3, 0.4) is 0 Å². The Kier molecular flexibility index (Phi) is 3.03. The van der Waals surface area contributed by atoms with Crippen molar-refractivity contribution in [3.05, 3.63) is 33.5 Å². The number of nitrogens with one attached hydrogen (secondary N) is 1. The van der Waals surface area contributed by atoms with Gasteiger partial charge in [0.05, 0.1) is 4.47 Å². The molecule has 1 amide bonds. The second-order valence-electron chi connectivity index (χ2n) is 2.66. The van der Waals surface area contributed by atoms with Crippen LogP contribution >= 0.6 is 15.9 Å². The lowest BCUT2D eigenvalue weighted by atomic mass is 10.1. The molecule has 0 radical (unpaired) electrons. The highest BCUT2D eigenvalue weighted by Gasteiger charge is 2.10. The third kappa shape index (κ3) is 2.06. The molecule has 2 nitrogen and oxygen atoms in total. The summed E-state index contributed by atoms with van der Waals surface area (Å²) >= 11 is 3.04. The summed E-state index contributed by atoms with van der Waals surface area (Å²) in [4.78, 5) is 11.2. The van der Waals surface area contributed by atoms with Gasteiger partial charge < -0.3 is 5.32 Å². The smallest absolute Gasteiger partial charge is 0.251 e. The van der Waals surface area contributed by atoms with Crippen LogP contribution in [0.4, 0.5) is 4.39 Å². The molecule has 0 spiro atoms. The monoisotopic (exact) mass is 245 g/mol. The van der Waals surface area contributed by atoms with Crippen LogP contribution in [0.5, 0.6) is 0 Å². The molecule has 0 aliphatic heterocycles. The van der Waals surface area contributed by atoms with Gasteiger partial charge in [0.1, 0.15) is 5.82 Å². The third-order valence-electron chi connectivity index (χ3n) is 1.74. The van der Waals surface area contributed by atoms with Crippen molar-refractivity contribution in [3.8, 4) is 0 Å². The first-order chi connectivity index (χ1) is 6.06. The van der Waals surface area contributed by atoms with E-state index >= 15 is 0 Å². The maximum atomic E-state index is 13.0. The van der Waals surface area contributed by atoms with Gasteiger partial charge in [-0.1, -0.05) is 0 Å². The molecule has 0 aliphatic carbocycles. The molecule has 70 valence electrons. The van der Waals surface area contributed by atoms with Gasteiger partial charge in [-0.05, 0) is 40.5 Å². The first kappa shape index (κ1) is 10.2. The zero-order valence-electron chi connectivity index (χ0n) is 7.32. The number of carbonyl (C=O) groups excluding carboxylic acids is 1. The van der Waals surface area contributed by atoms with E-state index in [-0.39, 0.29) is 5.91 Å². The highest BCUT2D eigenvalue weighted by Crippen LogP contribution is 2.20. The molecule has 0 heterocycles. The molecule has 0 fully saturated rings. The second kappa shape index (κ2) is 3.87. The summed E-state index contributed by atoms with van der Waals surface area (Å²) in [6, 6.07) is 2.80. The molecule has 4 heteroatoms. The van der Waals surface area contributed by atoms with Crippen molar-refractivity contribution in [1.82, 2.24) is 5.32 Å². The summed E-state index contributed by atoms with van der Waals surface area (Å²) in [6.45, 7) is 1.76. The molecule has 0 saturated heterocycles. The number of amides is 1. The predicted octanol–water partition coefficient (Wildman–Crippen LogP) is 2.26. The Morgan fingerprint density at radius 2 is 2.15 bits per heavy atom. The molecule has 0 atom stereocenters. The Morgan fingerprint density at radius 1 is 1.54 bits per heavy atom. The molecule has 1 aromatic carbocycles.